The van der Waals surface area contributed by atoms with Gasteiger partial charge < -0.3 is 15.4 Å². The summed E-state index contributed by atoms with van der Waals surface area (Å²) < 4.78 is 5.80. The van der Waals surface area contributed by atoms with Crippen LogP contribution in [0.15, 0.2) is 48.5 Å². The minimum absolute atomic E-state index is 0.0760. The van der Waals surface area contributed by atoms with E-state index in [1.54, 1.807) is 30.3 Å². The molecular formula is C21H25ClN2O3. The quantitative estimate of drug-likeness (QED) is 0.683. The molecule has 0 fully saturated rings. The van der Waals surface area contributed by atoms with Crippen molar-refractivity contribution in [2.75, 3.05) is 6.54 Å². The van der Waals surface area contributed by atoms with Crippen LogP contribution in [0, 0.1) is 0 Å². The van der Waals surface area contributed by atoms with E-state index >= 15 is 0 Å². The Balaban J connectivity index is 1.91. The highest BCUT2D eigenvalue weighted by Gasteiger charge is 2.13. The first-order valence-corrected chi connectivity index (χ1v) is 9.41. The summed E-state index contributed by atoms with van der Waals surface area (Å²) in [5.41, 5.74) is 1.27. The van der Waals surface area contributed by atoms with Gasteiger partial charge in [-0.15, -0.1) is 0 Å². The highest BCUT2D eigenvalue weighted by Crippen LogP contribution is 2.22. The minimum Gasteiger partial charge on any atom is -0.488 e. The number of ether oxygens (including phenoxy) is 1. The first-order valence-electron chi connectivity index (χ1n) is 9.04. The van der Waals surface area contributed by atoms with Gasteiger partial charge in [0.05, 0.1) is 5.56 Å². The second-order valence-corrected chi connectivity index (χ2v) is 6.67. The van der Waals surface area contributed by atoms with E-state index in [2.05, 4.69) is 10.6 Å². The molecule has 27 heavy (non-hydrogen) atoms. The predicted molar refractivity (Wildman–Crippen MR) is 107 cm³/mol. The molecule has 0 saturated carbocycles. The number of amides is 2. The number of halogens is 1. The minimum atomic E-state index is -0.277. The van der Waals surface area contributed by atoms with Crippen molar-refractivity contribution in [3.05, 3.63) is 64.7 Å². The standard InChI is InChI=1S/C21H25ClN2O3/c1-3-15(2)24-20(25)12-13-23-21(26)17-9-5-7-11-19(17)27-14-16-8-4-6-10-18(16)22/h4-11,15H,3,12-14H2,1-2H3,(H,23,26)(H,24,25). The van der Waals surface area contributed by atoms with Crippen LogP contribution in [0.2, 0.25) is 5.02 Å². The summed E-state index contributed by atoms with van der Waals surface area (Å²) in [6.45, 7) is 4.48. The number of benzene rings is 2. The van der Waals surface area contributed by atoms with Crippen LogP contribution in [-0.4, -0.2) is 24.4 Å². The number of carbonyl (C=O) groups excluding carboxylic acids is 2. The van der Waals surface area contributed by atoms with E-state index in [-0.39, 0.29) is 37.4 Å². The summed E-state index contributed by atoms with van der Waals surface area (Å²) in [5.74, 6) is 0.118. The molecule has 0 aromatic heterocycles. The molecule has 0 spiro atoms. The first kappa shape index (κ1) is 20.8. The smallest absolute Gasteiger partial charge is 0.255 e. The van der Waals surface area contributed by atoms with Crippen molar-refractivity contribution in [3.8, 4) is 5.75 Å². The molecular weight excluding hydrogens is 364 g/mol. The first-order chi connectivity index (χ1) is 13.0. The number of carbonyl (C=O) groups is 2. The molecule has 2 amide bonds. The Bertz CT molecular complexity index is 780. The van der Waals surface area contributed by atoms with Crippen LogP contribution in [-0.2, 0) is 11.4 Å². The lowest BCUT2D eigenvalue weighted by Gasteiger charge is -2.13. The van der Waals surface area contributed by atoms with Gasteiger partial charge in [0.25, 0.3) is 5.91 Å². The second-order valence-electron chi connectivity index (χ2n) is 6.26. The summed E-state index contributed by atoms with van der Waals surface area (Å²) in [6, 6.07) is 14.5. The highest BCUT2D eigenvalue weighted by molar-refractivity contribution is 6.31. The fourth-order valence-electron chi connectivity index (χ4n) is 2.38. The average Bonchev–Trinajstić information content (AvgIpc) is 2.67. The molecule has 0 aliphatic carbocycles. The highest BCUT2D eigenvalue weighted by atomic mass is 35.5. The van der Waals surface area contributed by atoms with Gasteiger partial charge in [-0.2, -0.15) is 0 Å². The van der Waals surface area contributed by atoms with Gasteiger partial charge in [-0.1, -0.05) is 48.9 Å². The van der Waals surface area contributed by atoms with Crippen LogP contribution in [0.4, 0.5) is 0 Å². The van der Waals surface area contributed by atoms with Crippen LogP contribution in [0.25, 0.3) is 0 Å². The van der Waals surface area contributed by atoms with Gasteiger partial charge in [-0.3, -0.25) is 9.59 Å². The van der Waals surface area contributed by atoms with E-state index < -0.39 is 0 Å². The fourth-order valence-corrected chi connectivity index (χ4v) is 2.58. The maximum absolute atomic E-state index is 12.5. The van der Waals surface area contributed by atoms with Gasteiger partial charge in [0.1, 0.15) is 12.4 Å². The molecule has 0 radical (unpaired) electrons. The number of nitrogens with one attached hydrogen (secondary N) is 2. The Kier molecular flexibility index (Phi) is 8.14. The van der Waals surface area contributed by atoms with Gasteiger partial charge in [-0.05, 0) is 31.5 Å². The van der Waals surface area contributed by atoms with Gasteiger partial charge in [0.15, 0.2) is 0 Å². The number of hydrogen-bond acceptors (Lipinski definition) is 3. The van der Waals surface area contributed by atoms with Crippen molar-refractivity contribution in [3.63, 3.8) is 0 Å². The molecule has 6 heteroatoms. The summed E-state index contributed by atoms with van der Waals surface area (Å²) in [7, 11) is 0. The third-order valence-corrected chi connectivity index (χ3v) is 4.50. The van der Waals surface area contributed by atoms with Crippen molar-refractivity contribution < 1.29 is 14.3 Å². The van der Waals surface area contributed by atoms with Crippen molar-refractivity contribution in [2.24, 2.45) is 0 Å². The maximum atomic E-state index is 12.5. The summed E-state index contributed by atoms with van der Waals surface area (Å²) in [6.07, 6.45) is 1.10. The monoisotopic (exact) mass is 388 g/mol. The fraction of sp³-hybridized carbons (Fsp3) is 0.333. The van der Waals surface area contributed by atoms with Gasteiger partial charge in [-0.25, -0.2) is 0 Å². The summed E-state index contributed by atoms with van der Waals surface area (Å²) in [5, 5.41) is 6.25. The molecule has 0 saturated heterocycles. The van der Waals surface area contributed by atoms with E-state index in [0.717, 1.165) is 12.0 Å². The molecule has 0 bridgehead atoms. The van der Waals surface area contributed by atoms with Gasteiger partial charge in [0.2, 0.25) is 5.91 Å². The normalized spacial score (nSPS) is 11.5. The molecule has 5 nitrogen and oxygen atoms in total. The van der Waals surface area contributed by atoms with Gasteiger partial charge >= 0.3 is 0 Å². The maximum Gasteiger partial charge on any atom is 0.255 e. The van der Waals surface area contributed by atoms with Gasteiger partial charge in [0, 0.05) is 29.6 Å². The predicted octanol–water partition coefficient (Wildman–Crippen LogP) is 3.95. The Hall–Kier alpha value is -2.53. The molecule has 1 atom stereocenters. The molecule has 2 rings (SSSR count). The van der Waals surface area contributed by atoms with Crippen molar-refractivity contribution in [1.82, 2.24) is 10.6 Å². The third-order valence-electron chi connectivity index (χ3n) is 4.13. The van der Waals surface area contributed by atoms with E-state index in [9.17, 15) is 9.59 Å². The summed E-state index contributed by atoms with van der Waals surface area (Å²) >= 11 is 6.14. The average molecular weight is 389 g/mol. The van der Waals surface area contributed by atoms with Crippen molar-refractivity contribution >= 4 is 23.4 Å². The zero-order chi connectivity index (χ0) is 19.6. The number of rotatable bonds is 9. The number of para-hydroxylation sites is 1. The zero-order valence-corrected chi connectivity index (χ0v) is 16.4. The Morgan fingerprint density at radius 2 is 1.81 bits per heavy atom. The SMILES string of the molecule is CCC(C)NC(=O)CCNC(=O)c1ccccc1OCc1ccccc1Cl. The molecule has 144 valence electrons. The Labute approximate surface area is 165 Å². The molecule has 0 aliphatic heterocycles. The van der Waals surface area contributed by atoms with E-state index in [1.807, 2.05) is 32.0 Å². The largest absolute Gasteiger partial charge is 0.488 e. The Morgan fingerprint density at radius 3 is 2.56 bits per heavy atom. The van der Waals surface area contributed by atoms with E-state index in [1.165, 1.54) is 0 Å². The van der Waals surface area contributed by atoms with E-state index in [0.29, 0.717) is 16.3 Å². The van der Waals surface area contributed by atoms with Crippen molar-refractivity contribution in [2.45, 2.75) is 39.3 Å². The van der Waals surface area contributed by atoms with Crippen molar-refractivity contribution in [1.29, 1.82) is 0 Å². The molecule has 0 aliphatic rings. The number of hydrogen-bond donors (Lipinski definition) is 2. The van der Waals surface area contributed by atoms with E-state index in [4.69, 9.17) is 16.3 Å². The van der Waals surface area contributed by atoms with Crippen LogP contribution in [0.5, 0.6) is 5.75 Å². The molecule has 2 aromatic carbocycles. The summed E-state index contributed by atoms with van der Waals surface area (Å²) in [4.78, 5) is 24.2. The molecule has 2 aromatic rings. The van der Waals surface area contributed by atoms with Crippen LogP contribution in [0.1, 0.15) is 42.6 Å². The lowest BCUT2D eigenvalue weighted by Crippen LogP contribution is -2.35. The van der Waals surface area contributed by atoms with Crippen LogP contribution < -0.4 is 15.4 Å². The Morgan fingerprint density at radius 1 is 1.11 bits per heavy atom. The van der Waals surface area contributed by atoms with Crippen LogP contribution >= 0.6 is 11.6 Å². The second kappa shape index (κ2) is 10.6. The zero-order valence-electron chi connectivity index (χ0n) is 15.6. The third kappa shape index (κ3) is 6.61. The molecule has 0 heterocycles. The lowest BCUT2D eigenvalue weighted by molar-refractivity contribution is -0.121. The topological polar surface area (TPSA) is 67.4 Å². The lowest BCUT2D eigenvalue weighted by atomic mass is 10.2. The molecule has 2 N–H and O–H groups in total. The molecule has 1 unspecified atom stereocenters. The van der Waals surface area contributed by atoms with Crippen LogP contribution in [0.3, 0.4) is 0 Å².